The molecule has 1 atom stereocenters. The predicted molar refractivity (Wildman–Crippen MR) is 91.4 cm³/mol. The Hall–Kier alpha value is -2.76. The van der Waals surface area contributed by atoms with Gasteiger partial charge in [-0.2, -0.15) is 0 Å². The summed E-state index contributed by atoms with van der Waals surface area (Å²) in [5, 5.41) is 2.84. The lowest BCUT2D eigenvalue weighted by atomic mass is 10.0. The highest BCUT2D eigenvalue weighted by molar-refractivity contribution is 5.92. The fraction of sp³-hybridized carbons (Fsp3) is 0.316. The number of carbonyl (C=O) groups is 2. The van der Waals surface area contributed by atoms with Crippen LogP contribution in [0.2, 0.25) is 0 Å². The molecule has 0 unspecified atom stereocenters. The van der Waals surface area contributed by atoms with Crippen molar-refractivity contribution in [3.05, 3.63) is 65.7 Å². The smallest absolute Gasteiger partial charge is 0.269 e. The maximum Gasteiger partial charge on any atom is 0.269 e. The van der Waals surface area contributed by atoms with Crippen LogP contribution in [0.3, 0.4) is 0 Å². The molecule has 2 aromatic rings. The van der Waals surface area contributed by atoms with Gasteiger partial charge in [0.1, 0.15) is 11.5 Å². The van der Waals surface area contributed by atoms with Gasteiger partial charge in [0, 0.05) is 25.7 Å². The lowest BCUT2D eigenvalue weighted by molar-refractivity contribution is -0.129. The Morgan fingerprint density at radius 1 is 1.28 bits per heavy atom. The van der Waals surface area contributed by atoms with E-state index in [0.717, 1.165) is 12.0 Å². The van der Waals surface area contributed by atoms with Crippen molar-refractivity contribution in [1.29, 1.82) is 0 Å². The average Bonchev–Trinajstić information content (AvgIpc) is 3.05. The maximum absolute atomic E-state index is 13.4. The Morgan fingerprint density at radius 3 is 2.84 bits per heavy atom. The second kappa shape index (κ2) is 7.88. The highest BCUT2D eigenvalue weighted by atomic mass is 19.1. The second-order valence-electron chi connectivity index (χ2n) is 6.10. The molecule has 25 heavy (non-hydrogen) atoms. The first-order chi connectivity index (χ1) is 12.1. The van der Waals surface area contributed by atoms with Gasteiger partial charge < -0.3 is 10.2 Å². The van der Waals surface area contributed by atoms with Gasteiger partial charge in [-0.25, -0.2) is 4.39 Å². The van der Waals surface area contributed by atoms with Crippen molar-refractivity contribution < 1.29 is 14.0 Å². The number of benzene rings is 1. The Morgan fingerprint density at radius 2 is 2.16 bits per heavy atom. The van der Waals surface area contributed by atoms with E-state index in [1.165, 1.54) is 12.1 Å². The molecule has 1 aromatic heterocycles. The van der Waals surface area contributed by atoms with Gasteiger partial charge in [-0.3, -0.25) is 14.6 Å². The lowest BCUT2D eigenvalue weighted by Gasteiger charge is -2.28. The summed E-state index contributed by atoms with van der Waals surface area (Å²) in [7, 11) is 0. The highest BCUT2D eigenvalue weighted by Crippen LogP contribution is 2.17. The second-order valence-corrected chi connectivity index (χ2v) is 6.10. The van der Waals surface area contributed by atoms with Crippen LogP contribution in [0.4, 0.5) is 4.39 Å². The molecular weight excluding hydrogens is 321 g/mol. The van der Waals surface area contributed by atoms with Gasteiger partial charge >= 0.3 is 0 Å². The predicted octanol–water partition coefficient (Wildman–Crippen LogP) is 2.18. The molecule has 0 radical (unpaired) electrons. The van der Waals surface area contributed by atoms with Crippen molar-refractivity contribution in [3.63, 3.8) is 0 Å². The van der Waals surface area contributed by atoms with E-state index in [9.17, 15) is 14.0 Å². The van der Waals surface area contributed by atoms with Gasteiger partial charge in [-0.05, 0) is 42.7 Å². The van der Waals surface area contributed by atoms with Gasteiger partial charge in [0.15, 0.2) is 0 Å². The number of likely N-dealkylation sites (tertiary alicyclic amines) is 1. The minimum atomic E-state index is -0.304. The number of nitrogens with one attached hydrogen (secondary N) is 1. The highest BCUT2D eigenvalue weighted by Gasteiger charge is 2.28. The van der Waals surface area contributed by atoms with E-state index in [2.05, 4.69) is 10.3 Å². The lowest BCUT2D eigenvalue weighted by Crippen LogP contribution is -2.46. The molecule has 2 amide bonds. The summed E-state index contributed by atoms with van der Waals surface area (Å²) in [5.41, 5.74) is 1.14. The third-order valence-electron chi connectivity index (χ3n) is 4.31. The Labute approximate surface area is 145 Å². The summed E-state index contributed by atoms with van der Waals surface area (Å²) in [6, 6.07) is 11.3. The molecule has 0 bridgehead atoms. The van der Waals surface area contributed by atoms with Crippen molar-refractivity contribution in [1.82, 2.24) is 15.2 Å². The molecule has 1 N–H and O–H groups in total. The van der Waals surface area contributed by atoms with Crippen LogP contribution in [-0.4, -0.2) is 40.8 Å². The monoisotopic (exact) mass is 341 g/mol. The van der Waals surface area contributed by atoms with Gasteiger partial charge in [-0.15, -0.1) is 0 Å². The quantitative estimate of drug-likeness (QED) is 0.876. The largest absolute Gasteiger partial charge is 0.349 e. The number of carbonyl (C=O) groups excluding carboxylic acids is 2. The van der Waals surface area contributed by atoms with Gasteiger partial charge in [0.2, 0.25) is 5.91 Å². The summed E-state index contributed by atoms with van der Waals surface area (Å²) < 4.78 is 13.4. The van der Waals surface area contributed by atoms with E-state index in [0.29, 0.717) is 31.6 Å². The number of pyridine rings is 1. The third-order valence-corrected chi connectivity index (χ3v) is 4.31. The van der Waals surface area contributed by atoms with E-state index >= 15 is 0 Å². The number of hydrogen-bond acceptors (Lipinski definition) is 3. The molecule has 0 saturated carbocycles. The van der Waals surface area contributed by atoms with E-state index in [4.69, 9.17) is 0 Å². The molecule has 5 nitrogen and oxygen atoms in total. The number of hydrogen-bond donors (Lipinski definition) is 1. The molecule has 130 valence electrons. The minimum Gasteiger partial charge on any atom is -0.349 e. The normalized spacial score (nSPS) is 15.2. The van der Waals surface area contributed by atoms with Crippen LogP contribution in [-0.2, 0) is 11.2 Å². The van der Waals surface area contributed by atoms with Crippen molar-refractivity contribution in [2.75, 3.05) is 13.1 Å². The molecule has 0 aliphatic carbocycles. The number of amides is 2. The van der Waals surface area contributed by atoms with Gasteiger partial charge in [0.25, 0.3) is 5.91 Å². The average molecular weight is 341 g/mol. The molecule has 0 spiro atoms. The summed E-state index contributed by atoms with van der Waals surface area (Å²) in [4.78, 5) is 30.1. The van der Waals surface area contributed by atoms with Crippen LogP contribution >= 0.6 is 0 Å². The molecule has 1 aliphatic rings. The molecule has 1 fully saturated rings. The van der Waals surface area contributed by atoms with Crippen molar-refractivity contribution >= 4 is 11.8 Å². The van der Waals surface area contributed by atoms with Crippen LogP contribution in [0.1, 0.15) is 28.9 Å². The fourth-order valence-corrected chi connectivity index (χ4v) is 3.08. The standard InChI is InChI=1S/C19H20FN3O2/c20-15-6-3-5-14(11-15)12-16(23-10-4-8-18(23)24)13-22-19(25)17-7-1-2-9-21-17/h1-3,5-7,9,11,16H,4,8,10,12-13H2,(H,22,25)/t16-/m1/s1. The third kappa shape index (κ3) is 4.41. The first kappa shape index (κ1) is 17.1. The summed E-state index contributed by atoms with van der Waals surface area (Å²) in [6.07, 6.45) is 3.38. The maximum atomic E-state index is 13.4. The summed E-state index contributed by atoms with van der Waals surface area (Å²) >= 11 is 0. The number of rotatable bonds is 6. The molecule has 6 heteroatoms. The SMILES string of the molecule is O=C(NC[C@@H](Cc1cccc(F)c1)N1CCCC1=O)c1ccccn1. The van der Waals surface area contributed by atoms with Crippen LogP contribution in [0.25, 0.3) is 0 Å². The Balaban J connectivity index is 1.70. The number of aromatic nitrogens is 1. The zero-order valence-corrected chi connectivity index (χ0v) is 13.8. The molecule has 3 rings (SSSR count). The van der Waals surface area contributed by atoms with Crippen LogP contribution in [0.5, 0.6) is 0 Å². The molecular formula is C19H20FN3O2. The summed E-state index contributed by atoms with van der Waals surface area (Å²) in [5.74, 6) is -0.508. The Bertz CT molecular complexity index is 751. The summed E-state index contributed by atoms with van der Waals surface area (Å²) in [6.45, 7) is 0.968. The van der Waals surface area contributed by atoms with Gasteiger partial charge in [-0.1, -0.05) is 18.2 Å². The van der Waals surface area contributed by atoms with Gasteiger partial charge in [0.05, 0.1) is 6.04 Å². The first-order valence-electron chi connectivity index (χ1n) is 8.36. The number of halogens is 1. The van der Waals surface area contributed by atoms with E-state index in [-0.39, 0.29) is 23.7 Å². The molecule has 2 heterocycles. The number of nitrogens with zero attached hydrogens (tertiary/aromatic N) is 2. The van der Waals surface area contributed by atoms with E-state index < -0.39 is 0 Å². The van der Waals surface area contributed by atoms with E-state index in [1.807, 2.05) is 6.07 Å². The molecule has 1 aromatic carbocycles. The van der Waals surface area contributed by atoms with Crippen LogP contribution in [0.15, 0.2) is 48.7 Å². The van der Waals surface area contributed by atoms with Crippen LogP contribution < -0.4 is 5.32 Å². The van der Waals surface area contributed by atoms with Crippen LogP contribution in [0, 0.1) is 5.82 Å². The Kier molecular flexibility index (Phi) is 5.38. The topological polar surface area (TPSA) is 62.3 Å². The minimum absolute atomic E-state index is 0.0773. The first-order valence-corrected chi connectivity index (χ1v) is 8.36. The molecule has 1 aliphatic heterocycles. The molecule has 1 saturated heterocycles. The van der Waals surface area contributed by atoms with E-state index in [1.54, 1.807) is 35.4 Å². The van der Waals surface area contributed by atoms with Crippen molar-refractivity contribution in [2.24, 2.45) is 0 Å². The van der Waals surface area contributed by atoms with Crippen molar-refractivity contribution in [3.8, 4) is 0 Å². The zero-order chi connectivity index (χ0) is 17.6. The zero-order valence-electron chi connectivity index (χ0n) is 13.8. The van der Waals surface area contributed by atoms with Crippen molar-refractivity contribution in [2.45, 2.75) is 25.3 Å². The fourth-order valence-electron chi connectivity index (χ4n) is 3.08.